The van der Waals surface area contributed by atoms with Crippen LogP contribution in [-0.2, 0) is 21.7 Å². The van der Waals surface area contributed by atoms with Gasteiger partial charge in [-0.1, -0.05) is 109 Å². The number of carbonyl (C=O) groups is 1. The summed E-state index contributed by atoms with van der Waals surface area (Å²) in [6.45, 7) is 0.760. The number of aldehydes is 1. The van der Waals surface area contributed by atoms with Gasteiger partial charge < -0.3 is 9.53 Å². The average molecular weight is 420 g/mol. The van der Waals surface area contributed by atoms with Crippen LogP contribution in [0.1, 0.15) is 22.3 Å². The van der Waals surface area contributed by atoms with Gasteiger partial charge in [0.1, 0.15) is 6.29 Å². The number of carbonyl (C=O) groups excluding carboxylic acids is 1. The highest BCUT2D eigenvalue weighted by Gasteiger charge is 2.45. The van der Waals surface area contributed by atoms with Gasteiger partial charge in [0.15, 0.2) is 0 Å². The van der Waals surface area contributed by atoms with E-state index in [1.165, 1.54) is 11.1 Å². The first-order valence-electron chi connectivity index (χ1n) is 10.9. The molecule has 0 fully saturated rings. The molecule has 1 aliphatic carbocycles. The van der Waals surface area contributed by atoms with Crippen LogP contribution in [0.5, 0.6) is 0 Å². The summed E-state index contributed by atoms with van der Waals surface area (Å²) in [6, 6.07) is 36.8. The zero-order valence-electron chi connectivity index (χ0n) is 17.8. The second kappa shape index (κ2) is 8.91. The largest absolute Gasteiger partial charge is 0.375 e. The Morgan fingerprint density at radius 1 is 0.719 bits per heavy atom. The second-order valence-corrected chi connectivity index (χ2v) is 8.09. The molecule has 0 aliphatic heterocycles. The van der Waals surface area contributed by atoms with Crippen molar-refractivity contribution in [3.05, 3.63) is 131 Å². The number of benzene rings is 4. The van der Waals surface area contributed by atoms with Crippen LogP contribution in [0, 0.1) is 0 Å². The van der Waals surface area contributed by atoms with Crippen LogP contribution < -0.4 is 5.32 Å². The van der Waals surface area contributed by atoms with Crippen LogP contribution in [0.3, 0.4) is 0 Å². The van der Waals surface area contributed by atoms with Crippen LogP contribution >= 0.6 is 0 Å². The van der Waals surface area contributed by atoms with Crippen LogP contribution in [0.4, 0.5) is 0 Å². The Morgan fingerprint density at radius 2 is 1.25 bits per heavy atom. The molecule has 0 aromatic heterocycles. The van der Waals surface area contributed by atoms with Crippen LogP contribution in [0.25, 0.3) is 11.1 Å². The maximum absolute atomic E-state index is 12.2. The predicted octanol–water partition coefficient (Wildman–Crippen LogP) is 5.33. The van der Waals surface area contributed by atoms with E-state index in [1.807, 2.05) is 48.5 Å². The van der Waals surface area contributed by atoms with Gasteiger partial charge in [0.25, 0.3) is 0 Å². The zero-order valence-corrected chi connectivity index (χ0v) is 17.8. The molecule has 4 aromatic carbocycles. The highest BCUT2D eigenvalue weighted by atomic mass is 16.5. The Kier molecular flexibility index (Phi) is 5.68. The second-order valence-electron chi connectivity index (χ2n) is 8.09. The van der Waals surface area contributed by atoms with Crippen molar-refractivity contribution < 1.29 is 9.53 Å². The number of ether oxygens (including phenoxy) is 1. The molecular formula is C29H25NO2. The molecular weight excluding hydrogens is 394 g/mol. The molecule has 5 rings (SSSR count). The number of hydrogen-bond donors (Lipinski definition) is 1. The highest BCUT2D eigenvalue weighted by molar-refractivity contribution is 5.83. The molecule has 0 unspecified atom stereocenters. The third-order valence-electron chi connectivity index (χ3n) is 6.13. The highest BCUT2D eigenvalue weighted by Crippen LogP contribution is 2.50. The fourth-order valence-corrected chi connectivity index (χ4v) is 4.74. The molecule has 0 radical (unpaired) electrons. The number of fused-ring (bicyclic) bond motifs is 3. The average Bonchev–Trinajstić information content (AvgIpc) is 3.15. The predicted molar refractivity (Wildman–Crippen MR) is 127 cm³/mol. The summed E-state index contributed by atoms with van der Waals surface area (Å²) >= 11 is 0. The van der Waals surface area contributed by atoms with E-state index in [4.69, 9.17) is 4.74 Å². The molecule has 32 heavy (non-hydrogen) atoms. The molecule has 1 atom stereocenters. The van der Waals surface area contributed by atoms with Gasteiger partial charge in [-0.2, -0.15) is 0 Å². The van der Waals surface area contributed by atoms with Gasteiger partial charge in [-0.25, -0.2) is 0 Å². The standard InChI is InChI=1S/C29H25NO2/c31-19-24(21-32-20-22-11-3-1-4-12-22)30-29(23-13-5-2-6-14-23)27-17-9-7-15-25(27)26-16-8-10-18-28(26)29/h1-19,24,30H,20-21H2/t24-/m0/s1. The van der Waals surface area contributed by atoms with Crippen molar-refractivity contribution in [2.45, 2.75) is 18.2 Å². The summed E-state index contributed by atoms with van der Waals surface area (Å²) in [5.41, 5.74) is 6.25. The summed E-state index contributed by atoms with van der Waals surface area (Å²) in [5.74, 6) is 0. The van der Waals surface area contributed by atoms with E-state index < -0.39 is 11.6 Å². The van der Waals surface area contributed by atoms with Gasteiger partial charge in [-0.3, -0.25) is 5.32 Å². The van der Waals surface area contributed by atoms with Crippen molar-refractivity contribution in [3.63, 3.8) is 0 Å². The summed E-state index contributed by atoms with van der Waals surface area (Å²) in [6.07, 6.45) is 0.958. The van der Waals surface area contributed by atoms with E-state index in [1.54, 1.807) is 0 Å². The molecule has 1 N–H and O–H groups in total. The maximum Gasteiger partial charge on any atom is 0.139 e. The first kappa shape index (κ1) is 20.4. The minimum atomic E-state index is -0.629. The molecule has 0 spiro atoms. The summed E-state index contributed by atoms with van der Waals surface area (Å²) in [7, 11) is 0. The SMILES string of the molecule is O=C[C@@H](COCc1ccccc1)NC1(c2ccccc2)c2ccccc2-c2ccccc21. The van der Waals surface area contributed by atoms with Gasteiger partial charge in [0, 0.05) is 0 Å². The van der Waals surface area contributed by atoms with Crippen LogP contribution in [0.15, 0.2) is 109 Å². The first-order valence-corrected chi connectivity index (χ1v) is 10.9. The summed E-state index contributed by atoms with van der Waals surface area (Å²) < 4.78 is 5.95. The normalized spacial score (nSPS) is 14.4. The fourth-order valence-electron chi connectivity index (χ4n) is 4.74. The Morgan fingerprint density at radius 3 is 1.84 bits per heavy atom. The lowest BCUT2D eigenvalue weighted by Crippen LogP contribution is -2.51. The molecule has 158 valence electrons. The zero-order chi connectivity index (χ0) is 21.8. The minimum absolute atomic E-state index is 0.289. The van der Waals surface area contributed by atoms with Gasteiger partial charge in [-0.05, 0) is 33.4 Å². The monoisotopic (exact) mass is 419 g/mol. The summed E-state index contributed by atoms with van der Waals surface area (Å²) in [5, 5.41) is 3.70. The number of nitrogens with one attached hydrogen (secondary N) is 1. The number of rotatable bonds is 8. The molecule has 0 saturated carbocycles. The Hall–Kier alpha value is -3.53. The van der Waals surface area contributed by atoms with Crippen molar-refractivity contribution in [3.8, 4) is 11.1 Å². The van der Waals surface area contributed by atoms with Crippen LogP contribution in [0.2, 0.25) is 0 Å². The minimum Gasteiger partial charge on any atom is -0.375 e. The van der Waals surface area contributed by atoms with Crippen molar-refractivity contribution in [2.75, 3.05) is 6.61 Å². The van der Waals surface area contributed by atoms with Crippen LogP contribution in [-0.4, -0.2) is 18.9 Å². The van der Waals surface area contributed by atoms with Gasteiger partial charge >= 0.3 is 0 Å². The quantitative estimate of drug-likeness (QED) is 0.392. The molecule has 3 nitrogen and oxygen atoms in total. The van der Waals surface area contributed by atoms with E-state index in [0.717, 1.165) is 28.5 Å². The van der Waals surface area contributed by atoms with Crippen molar-refractivity contribution in [1.82, 2.24) is 5.32 Å². The molecule has 3 heteroatoms. The molecule has 1 aliphatic rings. The lowest BCUT2D eigenvalue weighted by atomic mass is 9.80. The maximum atomic E-state index is 12.2. The van der Waals surface area contributed by atoms with Gasteiger partial charge in [0.05, 0.1) is 24.8 Å². The topological polar surface area (TPSA) is 38.3 Å². The summed E-state index contributed by atoms with van der Waals surface area (Å²) in [4.78, 5) is 12.2. The molecule has 4 aromatic rings. The lowest BCUT2D eigenvalue weighted by molar-refractivity contribution is -0.111. The fraction of sp³-hybridized carbons (Fsp3) is 0.138. The van der Waals surface area contributed by atoms with E-state index >= 15 is 0 Å². The molecule has 0 amide bonds. The van der Waals surface area contributed by atoms with E-state index in [0.29, 0.717) is 6.61 Å². The third-order valence-corrected chi connectivity index (χ3v) is 6.13. The van der Waals surface area contributed by atoms with E-state index in [9.17, 15) is 4.79 Å². The third kappa shape index (κ3) is 3.56. The van der Waals surface area contributed by atoms with Gasteiger partial charge in [-0.15, -0.1) is 0 Å². The van der Waals surface area contributed by atoms with E-state index in [-0.39, 0.29) is 6.61 Å². The van der Waals surface area contributed by atoms with Crippen molar-refractivity contribution in [1.29, 1.82) is 0 Å². The van der Waals surface area contributed by atoms with Crippen molar-refractivity contribution >= 4 is 6.29 Å². The smallest absolute Gasteiger partial charge is 0.139 e. The Labute approximate surface area is 188 Å². The Bertz CT molecular complexity index is 1160. The lowest BCUT2D eigenvalue weighted by Gasteiger charge is -2.36. The molecule has 0 saturated heterocycles. The van der Waals surface area contributed by atoms with Gasteiger partial charge in [0.2, 0.25) is 0 Å². The number of hydrogen-bond acceptors (Lipinski definition) is 3. The first-order chi connectivity index (χ1) is 15.8. The van der Waals surface area contributed by atoms with Crippen molar-refractivity contribution in [2.24, 2.45) is 0 Å². The molecule has 0 heterocycles. The van der Waals surface area contributed by atoms with E-state index in [2.05, 4.69) is 66.0 Å². The Balaban J connectivity index is 1.53. The molecule has 0 bridgehead atoms.